The van der Waals surface area contributed by atoms with Crippen LogP contribution in [0, 0.1) is 0 Å². The molecule has 1 atom stereocenters. The molecule has 0 bridgehead atoms. The molecule has 3 aromatic rings. The Labute approximate surface area is 164 Å². The second kappa shape index (κ2) is 8.69. The van der Waals surface area contributed by atoms with Crippen LogP contribution in [0.15, 0.2) is 42.6 Å². The summed E-state index contributed by atoms with van der Waals surface area (Å²) in [6.45, 7) is 2.06. The van der Waals surface area contributed by atoms with Crippen molar-refractivity contribution < 1.29 is 19.0 Å². The van der Waals surface area contributed by atoms with Crippen LogP contribution in [-0.2, 0) is 6.42 Å². The molecule has 6 heteroatoms. The Balaban J connectivity index is 1.80. The largest absolute Gasteiger partial charge is 0.493 e. The standard InChI is InChI=1S/C22H26N2O4/c1-5-16(10-15-13-23-18-9-7-6-8-17(15)18)24-22(25)14-11-19(26-2)21(28-4)20(12-14)27-3/h6-9,11-13,16,23H,5,10H2,1-4H3,(H,24,25)/t16-/m0/s1. The Bertz CT molecular complexity index is 939. The monoisotopic (exact) mass is 382 g/mol. The van der Waals surface area contributed by atoms with Crippen molar-refractivity contribution in [3.63, 3.8) is 0 Å². The number of amides is 1. The van der Waals surface area contributed by atoms with Crippen LogP contribution in [-0.4, -0.2) is 38.3 Å². The van der Waals surface area contributed by atoms with Gasteiger partial charge in [0.1, 0.15) is 0 Å². The number of carbonyl (C=O) groups excluding carboxylic acids is 1. The summed E-state index contributed by atoms with van der Waals surface area (Å²) in [5.41, 5.74) is 2.75. The van der Waals surface area contributed by atoms with Crippen LogP contribution in [0.2, 0.25) is 0 Å². The van der Waals surface area contributed by atoms with Crippen LogP contribution in [0.25, 0.3) is 10.9 Å². The van der Waals surface area contributed by atoms with Crippen molar-refractivity contribution in [2.75, 3.05) is 21.3 Å². The molecule has 0 spiro atoms. The van der Waals surface area contributed by atoms with Crippen molar-refractivity contribution in [2.24, 2.45) is 0 Å². The van der Waals surface area contributed by atoms with Crippen LogP contribution in [0.5, 0.6) is 17.2 Å². The molecule has 0 saturated heterocycles. The number of nitrogens with one attached hydrogen (secondary N) is 2. The Morgan fingerprint density at radius 1 is 1.07 bits per heavy atom. The third-order valence-corrected chi connectivity index (χ3v) is 4.90. The number of methoxy groups -OCH3 is 3. The number of carbonyl (C=O) groups is 1. The normalized spacial score (nSPS) is 11.9. The molecule has 6 nitrogen and oxygen atoms in total. The molecule has 1 amide bonds. The molecule has 1 aromatic heterocycles. The highest BCUT2D eigenvalue weighted by Gasteiger charge is 2.19. The van der Waals surface area contributed by atoms with E-state index in [-0.39, 0.29) is 11.9 Å². The van der Waals surface area contributed by atoms with Gasteiger partial charge in [0, 0.05) is 28.7 Å². The lowest BCUT2D eigenvalue weighted by Gasteiger charge is -2.18. The highest BCUT2D eigenvalue weighted by atomic mass is 16.5. The Hall–Kier alpha value is -3.15. The van der Waals surface area contributed by atoms with Crippen molar-refractivity contribution in [1.29, 1.82) is 0 Å². The van der Waals surface area contributed by atoms with E-state index in [9.17, 15) is 4.79 Å². The minimum atomic E-state index is -0.175. The van der Waals surface area contributed by atoms with Crippen molar-refractivity contribution in [3.8, 4) is 17.2 Å². The average Bonchev–Trinajstić information content (AvgIpc) is 3.14. The first-order valence-electron chi connectivity index (χ1n) is 9.27. The van der Waals surface area contributed by atoms with Crippen molar-refractivity contribution >= 4 is 16.8 Å². The third kappa shape index (κ3) is 3.91. The molecule has 0 fully saturated rings. The molecule has 28 heavy (non-hydrogen) atoms. The van der Waals surface area contributed by atoms with E-state index in [0.717, 1.165) is 18.4 Å². The second-order valence-electron chi connectivity index (χ2n) is 6.56. The SMILES string of the molecule is CC[C@@H](Cc1c[nH]c2ccccc12)NC(=O)c1cc(OC)c(OC)c(OC)c1. The van der Waals surface area contributed by atoms with Gasteiger partial charge in [-0.05, 0) is 36.6 Å². The highest BCUT2D eigenvalue weighted by molar-refractivity contribution is 5.96. The molecule has 1 heterocycles. The summed E-state index contributed by atoms with van der Waals surface area (Å²) < 4.78 is 16.0. The molecule has 2 aromatic carbocycles. The number of fused-ring (bicyclic) bond motifs is 1. The van der Waals surface area contributed by atoms with Gasteiger partial charge in [0.2, 0.25) is 5.75 Å². The van der Waals surface area contributed by atoms with Crippen LogP contribution in [0.4, 0.5) is 0 Å². The Morgan fingerprint density at radius 2 is 1.75 bits per heavy atom. The van der Waals surface area contributed by atoms with Crippen molar-refractivity contribution in [1.82, 2.24) is 10.3 Å². The molecule has 0 aliphatic heterocycles. The fraction of sp³-hybridized carbons (Fsp3) is 0.318. The van der Waals surface area contributed by atoms with E-state index in [4.69, 9.17) is 14.2 Å². The van der Waals surface area contributed by atoms with Gasteiger partial charge >= 0.3 is 0 Å². The van der Waals surface area contributed by atoms with Gasteiger partial charge in [-0.2, -0.15) is 0 Å². The quantitative estimate of drug-likeness (QED) is 0.619. The van der Waals surface area contributed by atoms with Gasteiger partial charge in [0.15, 0.2) is 11.5 Å². The third-order valence-electron chi connectivity index (χ3n) is 4.90. The van der Waals surface area contributed by atoms with Gasteiger partial charge in [-0.3, -0.25) is 4.79 Å². The summed E-state index contributed by atoms with van der Waals surface area (Å²) in [6.07, 6.45) is 3.57. The zero-order valence-electron chi connectivity index (χ0n) is 16.7. The number of hydrogen-bond acceptors (Lipinski definition) is 4. The maximum atomic E-state index is 12.9. The van der Waals surface area contributed by atoms with Gasteiger partial charge in [-0.1, -0.05) is 25.1 Å². The summed E-state index contributed by atoms with van der Waals surface area (Å²) in [5.74, 6) is 1.20. The number of ether oxygens (including phenoxy) is 3. The van der Waals surface area contributed by atoms with E-state index in [1.54, 1.807) is 12.1 Å². The summed E-state index contributed by atoms with van der Waals surface area (Å²) in [4.78, 5) is 16.2. The van der Waals surface area contributed by atoms with Crippen LogP contribution < -0.4 is 19.5 Å². The Morgan fingerprint density at radius 3 is 2.36 bits per heavy atom. The van der Waals surface area contributed by atoms with Gasteiger partial charge in [0.25, 0.3) is 5.91 Å². The van der Waals surface area contributed by atoms with E-state index in [0.29, 0.717) is 22.8 Å². The van der Waals surface area contributed by atoms with Gasteiger partial charge in [0.05, 0.1) is 21.3 Å². The van der Waals surface area contributed by atoms with E-state index in [1.165, 1.54) is 32.3 Å². The molecular formula is C22H26N2O4. The minimum Gasteiger partial charge on any atom is -0.493 e. The molecule has 0 saturated carbocycles. The number of aromatic amines is 1. The lowest BCUT2D eigenvalue weighted by molar-refractivity contribution is 0.0935. The fourth-order valence-corrected chi connectivity index (χ4v) is 3.34. The smallest absolute Gasteiger partial charge is 0.251 e. The van der Waals surface area contributed by atoms with E-state index in [2.05, 4.69) is 23.3 Å². The Kier molecular flexibility index (Phi) is 6.09. The maximum absolute atomic E-state index is 12.9. The van der Waals surface area contributed by atoms with E-state index >= 15 is 0 Å². The molecular weight excluding hydrogens is 356 g/mol. The van der Waals surface area contributed by atoms with Gasteiger partial charge in [-0.15, -0.1) is 0 Å². The molecule has 0 aliphatic carbocycles. The van der Waals surface area contributed by atoms with Gasteiger partial charge < -0.3 is 24.5 Å². The predicted octanol–water partition coefficient (Wildman–Crippen LogP) is 3.94. The number of rotatable bonds is 8. The van der Waals surface area contributed by atoms with Crippen molar-refractivity contribution in [3.05, 3.63) is 53.7 Å². The average molecular weight is 382 g/mol. The molecule has 2 N–H and O–H groups in total. The number of aromatic nitrogens is 1. The predicted molar refractivity (Wildman–Crippen MR) is 110 cm³/mol. The van der Waals surface area contributed by atoms with E-state index in [1.807, 2.05) is 24.4 Å². The lowest BCUT2D eigenvalue weighted by Crippen LogP contribution is -2.36. The minimum absolute atomic E-state index is 0.00537. The molecule has 3 rings (SSSR count). The topological polar surface area (TPSA) is 72.6 Å². The maximum Gasteiger partial charge on any atom is 0.251 e. The zero-order chi connectivity index (χ0) is 20.1. The number of para-hydroxylation sites is 1. The highest BCUT2D eigenvalue weighted by Crippen LogP contribution is 2.38. The summed E-state index contributed by atoms with van der Waals surface area (Å²) >= 11 is 0. The summed E-state index contributed by atoms with van der Waals surface area (Å²) in [6, 6.07) is 11.5. The first-order chi connectivity index (χ1) is 13.6. The van der Waals surface area contributed by atoms with E-state index < -0.39 is 0 Å². The lowest BCUT2D eigenvalue weighted by atomic mass is 10.0. The second-order valence-corrected chi connectivity index (χ2v) is 6.56. The first-order valence-corrected chi connectivity index (χ1v) is 9.27. The zero-order valence-corrected chi connectivity index (χ0v) is 16.7. The number of hydrogen-bond donors (Lipinski definition) is 2. The first kappa shape index (κ1) is 19.6. The van der Waals surface area contributed by atoms with Crippen LogP contribution in [0.3, 0.4) is 0 Å². The van der Waals surface area contributed by atoms with Crippen LogP contribution in [0.1, 0.15) is 29.3 Å². The van der Waals surface area contributed by atoms with Crippen molar-refractivity contribution in [2.45, 2.75) is 25.8 Å². The molecule has 148 valence electrons. The number of benzene rings is 2. The summed E-state index contributed by atoms with van der Waals surface area (Å²) in [7, 11) is 4.60. The molecule has 0 aliphatic rings. The fourth-order valence-electron chi connectivity index (χ4n) is 3.34. The molecule has 0 unspecified atom stereocenters. The van der Waals surface area contributed by atoms with Gasteiger partial charge in [-0.25, -0.2) is 0 Å². The number of H-pyrrole nitrogens is 1. The van der Waals surface area contributed by atoms with Crippen LogP contribution >= 0.6 is 0 Å². The molecule has 0 radical (unpaired) electrons. The summed E-state index contributed by atoms with van der Waals surface area (Å²) in [5, 5.41) is 4.30.